The fourth-order valence-electron chi connectivity index (χ4n) is 1.63. The van der Waals surface area contributed by atoms with Gasteiger partial charge in [-0.15, -0.1) is 0 Å². The third-order valence-electron chi connectivity index (χ3n) is 2.52. The zero-order chi connectivity index (χ0) is 12.8. The molecule has 0 unspecified atom stereocenters. The first-order valence-corrected chi connectivity index (χ1v) is 5.69. The van der Waals surface area contributed by atoms with Crippen LogP contribution in [0, 0.1) is 0 Å². The van der Waals surface area contributed by atoms with E-state index in [1.54, 1.807) is 27.4 Å². The third-order valence-corrected chi connectivity index (χ3v) is 2.92. The molecule has 1 aromatic rings. The van der Waals surface area contributed by atoms with E-state index in [9.17, 15) is 0 Å². The SMILES string of the molecule is CNCCc1c(OC)cc(OC)c(OC)c1Cl. The summed E-state index contributed by atoms with van der Waals surface area (Å²) >= 11 is 6.30. The van der Waals surface area contributed by atoms with Gasteiger partial charge in [0.2, 0.25) is 0 Å². The molecule has 0 heterocycles. The van der Waals surface area contributed by atoms with Crippen molar-refractivity contribution in [3.8, 4) is 17.2 Å². The van der Waals surface area contributed by atoms with Crippen LogP contribution in [0.15, 0.2) is 6.07 Å². The predicted molar refractivity (Wildman–Crippen MR) is 68.7 cm³/mol. The van der Waals surface area contributed by atoms with Crippen LogP contribution in [-0.4, -0.2) is 34.9 Å². The first-order valence-electron chi connectivity index (χ1n) is 5.31. The smallest absolute Gasteiger partial charge is 0.179 e. The summed E-state index contributed by atoms with van der Waals surface area (Å²) in [5.74, 6) is 1.83. The van der Waals surface area contributed by atoms with Gasteiger partial charge in [0.25, 0.3) is 0 Å². The molecule has 0 radical (unpaired) electrons. The topological polar surface area (TPSA) is 39.7 Å². The van der Waals surface area contributed by atoms with Crippen molar-refractivity contribution in [2.75, 3.05) is 34.9 Å². The molecule has 0 amide bonds. The highest BCUT2D eigenvalue weighted by molar-refractivity contribution is 6.33. The lowest BCUT2D eigenvalue weighted by Crippen LogP contribution is -2.11. The van der Waals surface area contributed by atoms with E-state index in [-0.39, 0.29) is 0 Å². The summed E-state index contributed by atoms with van der Waals surface area (Å²) in [5, 5.41) is 3.62. The van der Waals surface area contributed by atoms with Crippen LogP contribution in [-0.2, 0) is 6.42 Å². The van der Waals surface area contributed by atoms with Gasteiger partial charge in [0.1, 0.15) is 5.75 Å². The number of rotatable bonds is 6. The Kier molecular flexibility index (Phi) is 5.38. The van der Waals surface area contributed by atoms with E-state index in [1.807, 2.05) is 7.05 Å². The van der Waals surface area contributed by atoms with E-state index >= 15 is 0 Å². The van der Waals surface area contributed by atoms with E-state index in [2.05, 4.69) is 5.32 Å². The van der Waals surface area contributed by atoms with Gasteiger partial charge in [-0.2, -0.15) is 0 Å². The highest BCUT2D eigenvalue weighted by Crippen LogP contribution is 2.42. The summed E-state index contributed by atoms with van der Waals surface area (Å²) in [5.41, 5.74) is 0.918. The van der Waals surface area contributed by atoms with Gasteiger partial charge >= 0.3 is 0 Å². The minimum atomic E-state index is 0.541. The molecule has 0 fully saturated rings. The maximum atomic E-state index is 6.30. The van der Waals surface area contributed by atoms with Crippen molar-refractivity contribution in [1.82, 2.24) is 5.32 Å². The van der Waals surface area contributed by atoms with Gasteiger partial charge < -0.3 is 19.5 Å². The van der Waals surface area contributed by atoms with Gasteiger partial charge in [-0.05, 0) is 20.0 Å². The lowest BCUT2D eigenvalue weighted by atomic mass is 10.1. The molecule has 96 valence electrons. The number of nitrogens with one attached hydrogen (secondary N) is 1. The molecule has 4 nitrogen and oxygen atoms in total. The van der Waals surface area contributed by atoms with Crippen LogP contribution in [0.25, 0.3) is 0 Å². The van der Waals surface area contributed by atoms with Crippen molar-refractivity contribution in [2.24, 2.45) is 0 Å². The maximum absolute atomic E-state index is 6.30. The predicted octanol–water partition coefficient (Wildman–Crippen LogP) is 2.13. The van der Waals surface area contributed by atoms with Gasteiger partial charge in [0, 0.05) is 11.6 Å². The monoisotopic (exact) mass is 259 g/mol. The molecule has 17 heavy (non-hydrogen) atoms. The Hall–Kier alpha value is -1.13. The fourth-order valence-corrected chi connectivity index (χ4v) is 1.99. The molecule has 0 atom stereocenters. The average Bonchev–Trinajstić information content (AvgIpc) is 2.36. The second-order valence-corrected chi connectivity index (χ2v) is 3.84. The Balaban J connectivity index is 3.25. The molecule has 0 aliphatic rings. The number of halogens is 1. The van der Waals surface area contributed by atoms with Crippen molar-refractivity contribution in [3.63, 3.8) is 0 Å². The standard InChI is InChI=1S/C12H18ClNO3/c1-14-6-5-8-9(15-2)7-10(16-3)12(17-4)11(8)13/h7,14H,5-6H2,1-4H3. The molecular formula is C12H18ClNO3. The lowest BCUT2D eigenvalue weighted by molar-refractivity contribution is 0.347. The van der Waals surface area contributed by atoms with Gasteiger partial charge in [-0.1, -0.05) is 11.6 Å². The minimum Gasteiger partial charge on any atom is -0.496 e. The Labute approximate surface area is 107 Å². The van der Waals surface area contributed by atoms with Crippen LogP contribution >= 0.6 is 11.6 Å². The third kappa shape index (κ3) is 2.96. The normalized spacial score (nSPS) is 10.2. The van der Waals surface area contributed by atoms with Crippen LogP contribution in [0.5, 0.6) is 17.2 Å². The zero-order valence-corrected chi connectivity index (χ0v) is 11.4. The summed E-state index contributed by atoms with van der Waals surface area (Å²) in [6, 6.07) is 1.79. The van der Waals surface area contributed by atoms with Gasteiger partial charge in [0.05, 0.1) is 26.4 Å². The number of hydrogen-bond donors (Lipinski definition) is 1. The number of likely N-dealkylation sites (N-methyl/N-ethyl adjacent to an activating group) is 1. The van der Waals surface area contributed by atoms with Gasteiger partial charge in [0.15, 0.2) is 11.5 Å². The molecule has 1 rings (SSSR count). The van der Waals surface area contributed by atoms with E-state index in [0.29, 0.717) is 22.3 Å². The Morgan fingerprint density at radius 2 is 1.76 bits per heavy atom. The number of hydrogen-bond acceptors (Lipinski definition) is 4. The lowest BCUT2D eigenvalue weighted by Gasteiger charge is -2.16. The molecule has 0 bridgehead atoms. The van der Waals surface area contributed by atoms with Crippen molar-refractivity contribution < 1.29 is 14.2 Å². The molecule has 0 aromatic heterocycles. The Morgan fingerprint density at radius 1 is 1.12 bits per heavy atom. The molecule has 1 N–H and O–H groups in total. The molecule has 0 saturated heterocycles. The van der Waals surface area contributed by atoms with Crippen molar-refractivity contribution in [3.05, 3.63) is 16.7 Å². The molecule has 0 saturated carbocycles. The van der Waals surface area contributed by atoms with Crippen LogP contribution in [0.2, 0.25) is 5.02 Å². The summed E-state index contributed by atoms with van der Waals surface area (Å²) in [6.07, 6.45) is 0.763. The molecule has 0 aliphatic carbocycles. The first-order chi connectivity index (χ1) is 8.19. The van der Waals surface area contributed by atoms with E-state index < -0.39 is 0 Å². The van der Waals surface area contributed by atoms with Crippen LogP contribution in [0.3, 0.4) is 0 Å². The molecule has 5 heteroatoms. The number of methoxy groups -OCH3 is 3. The van der Waals surface area contributed by atoms with Crippen molar-refractivity contribution in [1.29, 1.82) is 0 Å². The van der Waals surface area contributed by atoms with Crippen LogP contribution < -0.4 is 19.5 Å². The first kappa shape index (κ1) is 13.9. The van der Waals surface area contributed by atoms with E-state index in [1.165, 1.54) is 0 Å². The Bertz CT molecular complexity index is 383. The Morgan fingerprint density at radius 3 is 2.24 bits per heavy atom. The molecule has 0 aliphatic heterocycles. The summed E-state index contributed by atoms with van der Waals surface area (Å²) < 4.78 is 15.8. The minimum absolute atomic E-state index is 0.541. The molecule has 1 aromatic carbocycles. The summed E-state index contributed by atoms with van der Waals surface area (Å²) in [4.78, 5) is 0. The average molecular weight is 260 g/mol. The number of benzene rings is 1. The van der Waals surface area contributed by atoms with Crippen molar-refractivity contribution >= 4 is 11.6 Å². The maximum Gasteiger partial charge on any atom is 0.179 e. The highest BCUT2D eigenvalue weighted by Gasteiger charge is 2.18. The van der Waals surface area contributed by atoms with Gasteiger partial charge in [-0.25, -0.2) is 0 Å². The summed E-state index contributed by atoms with van der Waals surface area (Å²) in [7, 11) is 6.64. The van der Waals surface area contributed by atoms with Crippen molar-refractivity contribution in [2.45, 2.75) is 6.42 Å². The van der Waals surface area contributed by atoms with E-state index in [0.717, 1.165) is 18.5 Å². The molecular weight excluding hydrogens is 242 g/mol. The quantitative estimate of drug-likeness (QED) is 0.850. The fraction of sp³-hybridized carbons (Fsp3) is 0.500. The second-order valence-electron chi connectivity index (χ2n) is 3.46. The second kappa shape index (κ2) is 6.57. The highest BCUT2D eigenvalue weighted by atomic mass is 35.5. The largest absolute Gasteiger partial charge is 0.496 e. The van der Waals surface area contributed by atoms with Crippen LogP contribution in [0.1, 0.15) is 5.56 Å². The van der Waals surface area contributed by atoms with Crippen LogP contribution in [0.4, 0.5) is 0 Å². The van der Waals surface area contributed by atoms with E-state index in [4.69, 9.17) is 25.8 Å². The summed E-state index contributed by atoms with van der Waals surface area (Å²) in [6.45, 7) is 0.811. The van der Waals surface area contributed by atoms with Gasteiger partial charge in [-0.3, -0.25) is 0 Å². The molecule has 0 spiro atoms. The number of ether oxygens (including phenoxy) is 3. The zero-order valence-electron chi connectivity index (χ0n) is 10.6.